The molecule has 0 atom stereocenters. The van der Waals surface area contributed by atoms with Crippen LogP contribution in [-0.4, -0.2) is 45.9 Å². The number of anilines is 2. The first-order chi connectivity index (χ1) is 14.9. The summed E-state index contributed by atoms with van der Waals surface area (Å²) in [4.78, 5) is 14.7. The first-order valence-corrected chi connectivity index (χ1v) is 10.7. The Bertz CT molecular complexity index is 917. The van der Waals surface area contributed by atoms with Crippen LogP contribution in [-0.2, 0) is 4.74 Å². The molecule has 6 nitrogen and oxygen atoms in total. The lowest BCUT2D eigenvalue weighted by Gasteiger charge is -2.29. The fourth-order valence-electron chi connectivity index (χ4n) is 3.24. The fraction of sp³-hybridized carbons (Fsp3) is 0.435. The van der Waals surface area contributed by atoms with Gasteiger partial charge in [0.25, 0.3) is 5.91 Å². The van der Waals surface area contributed by atoms with Crippen LogP contribution in [0.25, 0.3) is 0 Å². The van der Waals surface area contributed by atoms with Gasteiger partial charge in [-0.15, -0.1) is 0 Å². The largest absolute Gasteiger partial charge is 0.493 e. The van der Waals surface area contributed by atoms with E-state index in [-0.39, 0.29) is 10.6 Å². The van der Waals surface area contributed by atoms with Crippen molar-refractivity contribution in [3.8, 4) is 11.5 Å². The molecule has 1 N–H and O–H groups in total. The Hall–Kier alpha value is -2.51. The van der Waals surface area contributed by atoms with Crippen LogP contribution in [0.4, 0.5) is 15.8 Å². The first-order valence-electron chi connectivity index (χ1n) is 10.3. The predicted molar refractivity (Wildman–Crippen MR) is 120 cm³/mol. The molecule has 1 fully saturated rings. The fourth-order valence-corrected chi connectivity index (χ4v) is 3.50. The molecule has 0 unspecified atom stereocenters. The number of carbonyl (C=O) groups excluding carboxylic acids is 1. The van der Waals surface area contributed by atoms with Gasteiger partial charge < -0.3 is 24.4 Å². The molecule has 8 heteroatoms. The van der Waals surface area contributed by atoms with Crippen LogP contribution in [0.2, 0.25) is 5.02 Å². The van der Waals surface area contributed by atoms with Crippen molar-refractivity contribution in [1.82, 2.24) is 0 Å². The molecule has 2 aromatic rings. The third-order valence-electron chi connectivity index (χ3n) is 4.99. The molecule has 1 heterocycles. The number of carbonyl (C=O) groups is 1. The molecule has 1 saturated heterocycles. The van der Waals surface area contributed by atoms with E-state index in [1.165, 1.54) is 19.2 Å². The Morgan fingerprint density at radius 2 is 2.00 bits per heavy atom. The molecule has 3 rings (SSSR count). The van der Waals surface area contributed by atoms with Crippen molar-refractivity contribution in [2.75, 3.05) is 50.2 Å². The number of morpholine rings is 1. The lowest BCUT2D eigenvalue weighted by molar-refractivity contribution is 0.102. The van der Waals surface area contributed by atoms with E-state index >= 15 is 0 Å². The van der Waals surface area contributed by atoms with Crippen molar-refractivity contribution in [1.29, 1.82) is 0 Å². The maximum absolute atomic E-state index is 14.6. The number of hydrogen-bond donors (Lipinski definition) is 1. The van der Waals surface area contributed by atoms with E-state index in [2.05, 4.69) is 19.2 Å². The minimum atomic E-state index is -0.424. The van der Waals surface area contributed by atoms with E-state index in [4.69, 9.17) is 25.8 Å². The highest BCUT2D eigenvalue weighted by molar-refractivity contribution is 6.32. The average molecular weight is 451 g/mol. The van der Waals surface area contributed by atoms with Gasteiger partial charge in [0, 0.05) is 24.3 Å². The maximum Gasteiger partial charge on any atom is 0.255 e. The number of hydrogen-bond acceptors (Lipinski definition) is 5. The van der Waals surface area contributed by atoms with Crippen LogP contribution in [0.3, 0.4) is 0 Å². The Morgan fingerprint density at radius 1 is 1.26 bits per heavy atom. The van der Waals surface area contributed by atoms with Gasteiger partial charge in [-0.25, -0.2) is 4.39 Å². The van der Waals surface area contributed by atoms with E-state index in [9.17, 15) is 9.18 Å². The zero-order chi connectivity index (χ0) is 22.4. The zero-order valence-corrected chi connectivity index (χ0v) is 18.8. The van der Waals surface area contributed by atoms with Crippen LogP contribution in [0.5, 0.6) is 11.5 Å². The van der Waals surface area contributed by atoms with Crippen molar-refractivity contribution in [3.63, 3.8) is 0 Å². The smallest absolute Gasteiger partial charge is 0.255 e. The van der Waals surface area contributed by atoms with Gasteiger partial charge in [0.05, 0.1) is 37.6 Å². The van der Waals surface area contributed by atoms with Gasteiger partial charge in [0.2, 0.25) is 0 Å². The van der Waals surface area contributed by atoms with Gasteiger partial charge in [-0.2, -0.15) is 0 Å². The molecule has 1 amide bonds. The Morgan fingerprint density at radius 3 is 2.65 bits per heavy atom. The molecule has 168 valence electrons. The summed E-state index contributed by atoms with van der Waals surface area (Å²) in [6.07, 6.45) is 0.869. The van der Waals surface area contributed by atoms with Crippen molar-refractivity contribution >= 4 is 28.9 Å². The minimum Gasteiger partial charge on any atom is -0.493 e. The zero-order valence-electron chi connectivity index (χ0n) is 18.0. The monoisotopic (exact) mass is 450 g/mol. The average Bonchev–Trinajstić information content (AvgIpc) is 2.75. The number of halogens is 2. The van der Waals surface area contributed by atoms with Gasteiger partial charge >= 0.3 is 0 Å². The van der Waals surface area contributed by atoms with Crippen LogP contribution in [0, 0.1) is 11.7 Å². The second kappa shape index (κ2) is 10.7. The summed E-state index contributed by atoms with van der Waals surface area (Å²) in [5.74, 6) is 0.444. The van der Waals surface area contributed by atoms with E-state index < -0.39 is 11.7 Å². The molecule has 1 aliphatic heterocycles. The Labute approximate surface area is 187 Å². The van der Waals surface area contributed by atoms with Gasteiger partial charge in [-0.05, 0) is 42.7 Å². The summed E-state index contributed by atoms with van der Waals surface area (Å²) in [7, 11) is 1.49. The SMILES string of the molecule is COc1cc(C(=O)Nc2ccc(N3CCOCC3)c(F)c2)cc(Cl)c1OCCC(C)C. The van der Waals surface area contributed by atoms with E-state index in [0.717, 1.165) is 6.42 Å². The molecule has 0 spiro atoms. The van der Waals surface area contributed by atoms with Crippen molar-refractivity contribution in [3.05, 3.63) is 46.7 Å². The van der Waals surface area contributed by atoms with Crippen molar-refractivity contribution in [2.24, 2.45) is 5.92 Å². The molecule has 1 aliphatic rings. The standard InChI is InChI=1S/C23H28ClFN2O4/c1-15(2)6-9-31-22-18(24)12-16(13-21(22)29-3)23(28)26-17-4-5-20(19(25)14-17)27-7-10-30-11-8-27/h4-5,12-15H,6-11H2,1-3H3,(H,26,28). The number of benzene rings is 2. The van der Waals surface area contributed by atoms with Gasteiger partial charge in [0.15, 0.2) is 11.5 Å². The lowest BCUT2D eigenvalue weighted by atomic mass is 10.1. The van der Waals surface area contributed by atoms with Crippen molar-refractivity contribution in [2.45, 2.75) is 20.3 Å². The molecular formula is C23H28ClFN2O4. The number of ether oxygens (including phenoxy) is 3. The highest BCUT2D eigenvalue weighted by Gasteiger charge is 2.18. The number of methoxy groups -OCH3 is 1. The quantitative estimate of drug-likeness (QED) is 0.613. The Kier molecular flexibility index (Phi) is 7.98. The van der Waals surface area contributed by atoms with E-state index in [1.54, 1.807) is 18.2 Å². The molecule has 0 bridgehead atoms. The molecular weight excluding hydrogens is 423 g/mol. The minimum absolute atomic E-state index is 0.280. The normalized spacial score (nSPS) is 13.9. The van der Waals surface area contributed by atoms with Crippen LogP contribution in [0.15, 0.2) is 30.3 Å². The Balaban J connectivity index is 1.72. The number of rotatable bonds is 8. The topological polar surface area (TPSA) is 60.0 Å². The summed E-state index contributed by atoms with van der Waals surface area (Å²) in [5.41, 5.74) is 1.14. The second-order valence-corrected chi connectivity index (χ2v) is 8.15. The number of amides is 1. The van der Waals surface area contributed by atoms with Crippen molar-refractivity contribution < 1.29 is 23.4 Å². The summed E-state index contributed by atoms with van der Waals surface area (Å²) < 4.78 is 31.0. The molecule has 0 radical (unpaired) electrons. The molecule has 0 aromatic heterocycles. The van der Waals surface area contributed by atoms with Gasteiger partial charge in [-0.1, -0.05) is 25.4 Å². The number of nitrogens with zero attached hydrogens (tertiary/aromatic N) is 1. The van der Waals surface area contributed by atoms with Crippen LogP contribution in [0.1, 0.15) is 30.6 Å². The first kappa shape index (κ1) is 23.2. The third-order valence-corrected chi connectivity index (χ3v) is 5.27. The second-order valence-electron chi connectivity index (χ2n) is 7.74. The summed E-state index contributed by atoms with van der Waals surface area (Å²) in [6.45, 7) is 7.10. The summed E-state index contributed by atoms with van der Waals surface area (Å²) >= 11 is 6.35. The number of nitrogens with one attached hydrogen (secondary N) is 1. The highest BCUT2D eigenvalue weighted by atomic mass is 35.5. The maximum atomic E-state index is 14.6. The summed E-state index contributed by atoms with van der Waals surface area (Å²) in [6, 6.07) is 7.72. The van der Waals surface area contributed by atoms with Gasteiger partial charge in [0.1, 0.15) is 5.82 Å². The molecule has 2 aromatic carbocycles. The lowest BCUT2D eigenvalue weighted by Crippen LogP contribution is -2.36. The van der Waals surface area contributed by atoms with Crippen LogP contribution < -0.4 is 19.7 Å². The highest BCUT2D eigenvalue weighted by Crippen LogP contribution is 2.37. The molecule has 0 saturated carbocycles. The summed E-state index contributed by atoms with van der Waals surface area (Å²) in [5, 5.41) is 2.99. The van der Waals surface area contributed by atoms with Crippen LogP contribution >= 0.6 is 11.6 Å². The molecule has 31 heavy (non-hydrogen) atoms. The molecule has 0 aliphatic carbocycles. The van der Waals surface area contributed by atoms with Gasteiger partial charge in [-0.3, -0.25) is 4.79 Å². The predicted octanol–water partition coefficient (Wildman–Crippen LogP) is 5.00. The van der Waals surface area contributed by atoms with E-state index in [1.807, 2.05) is 4.90 Å². The van der Waals surface area contributed by atoms with E-state index in [0.29, 0.717) is 61.7 Å². The third kappa shape index (κ3) is 6.02.